The first kappa shape index (κ1) is 20.6. The number of nitrogens with zero attached hydrogens (tertiary/aromatic N) is 4. The molecule has 2 heterocycles. The molecule has 0 saturated carbocycles. The fraction of sp³-hybridized carbons (Fsp3) is 0.636. The fourth-order valence-electron chi connectivity index (χ4n) is 4.13. The molecule has 154 valence electrons. The highest BCUT2D eigenvalue weighted by atomic mass is 16.2. The second kappa shape index (κ2) is 9.41. The predicted octanol–water partition coefficient (Wildman–Crippen LogP) is 2.16. The first-order valence-corrected chi connectivity index (χ1v) is 10.5. The van der Waals surface area contributed by atoms with Gasteiger partial charge >= 0.3 is 0 Å². The van der Waals surface area contributed by atoms with Gasteiger partial charge in [0.05, 0.1) is 0 Å². The summed E-state index contributed by atoms with van der Waals surface area (Å²) in [7, 11) is 6.07. The molecule has 6 nitrogen and oxygen atoms in total. The van der Waals surface area contributed by atoms with Gasteiger partial charge < -0.3 is 19.6 Å². The third-order valence-electron chi connectivity index (χ3n) is 6.04. The Morgan fingerprint density at radius 2 is 1.82 bits per heavy atom. The summed E-state index contributed by atoms with van der Waals surface area (Å²) in [4.78, 5) is 33.7. The zero-order valence-corrected chi connectivity index (χ0v) is 17.6. The number of piperazine rings is 1. The van der Waals surface area contributed by atoms with E-state index in [9.17, 15) is 9.59 Å². The molecule has 0 spiro atoms. The minimum absolute atomic E-state index is 0.110. The summed E-state index contributed by atoms with van der Waals surface area (Å²) in [5.41, 5.74) is 1.79. The molecule has 1 atom stereocenters. The molecule has 2 aliphatic heterocycles. The molecule has 1 aromatic rings. The molecule has 2 saturated heterocycles. The Morgan fingerprint density at radius 1 is 1.07 bits per heavy atom. The van der Waals surface area contributed by atoms with Crippen LogP contribution in [0.3, 0.4) is 0 Å². The first-order chi connectivity index (χ1) is 13.4. The molecule has 2 aliphatic rings. The van der Waals surface area contributed by atoms with E-state index in [0.29, 0.717) is 12.3 Å². The van der Waals surface area contributed by atoms with Crippen molar-refractivity contribution < 1.29 is 9.59 Å². The number of likely N-dealkylation sites (N-methyl/N-ethyl adjacent to an activating group) is 1. The van der Waals surface area contributed by atoms with Crippen molar-refractivity contribution in [3.05, 3.63) is 29.8 Å². The molecule has 2 amide bonds. The van der Waals surface area contributed by atoms with Gasteiger partial charge in [0.25, 0.3) is 5.91 Å². The van der Waals surface area contributed by atoms with E-state index in [1.807, 2.05) is 53.1 Å². The molecule has 3 rings (SSSR count). The summed E-state index contributed by atoms with van der Waals surface area (Å²) in [6, 6.07) is 7.82. The molecule has 0 aromatic heterocycles. The van der Waals surface area contributed by atoms with Crippen LogP contribution in [0.2, 0.25) is 0 Å². The molecule has 6 heteroatoms. The smallest absolute Gasteiger partial charge is 0.253 e. The maximum Gasteiger partial charge on any atom is 0.253 e. The van der Waals surface area contributed by atoms with Gasteiger partial charge in [0, 0.05) is 71.0 Å². The Balaban J connectivity index is 1.51. The number of benzene rings is 1. The van der Waals surface area contributed by atoms with E-state index in [1.165, 1.54) is 0 Å². The Hall–Kier alpha value is -2.08. The van der Waals surface area contributed by atoms with E-state index >= 15 is 0 Å². The summed E-state index contributed by atoms with van der Waals surface area (Å²) in [6.45, 7) is 5.18. The Kier molecular flexibility index (Phi) is 6.94. The standard InChI is InChI=1S/C22H34N4O2/c1-23(2)20-8-4-7-19(16-20)22(28)26-11-5-6-18(17-26)9-10-21(27)25-14-12-24(3)13-15-25/h4,7-8,16,18H,5-6,9-15,17H2,1-3H3/t18-/m0/s1. The van der Waals surface area contributed by atoms with Crippen LogP contribution in [0.15, 0.2) is 24.3 Å². The second-order valence-corrected chi connectivity index (χ2v) is 8.43. The SMILES string of the molecule is CN1CCN(C(=O)CC[C@@H]2CCCN(C(=O)c3cccc(N(C)C)c3)C2)CC1. The van der Waals surface area contributed by atoms with Crippen molar-refractivity contribution in [1.29, 1.82) is 0 Å². The van der Waals surface area contributed by atoms with Gasteiger partial charge in [0.2, 0.25) is 5.91 Å². The van der Waals surface area contributed by atoms with Crippen molar-refractivity contribution in [2.24, 2.45) is 5.92 Å². The molecule has 0 aliphatic carbocycles. The maximum absolute atomic E-state index is 13.0. The lowest BCUT2D eigenvalue weighted by atomic mass is 9.92. The largest absolute Gasteiger partial charge is 0.378 e. The van der Waals surface area contributed by atoms with Crippen molar-refractivity contribution in [1.82, 2.24) is 14.7 Å². The van der Waals surface area contributed by atoms with Gasteiger partial charge in [-0.05, 0) is 50.4 Å². The highest BCUT2D eigenvalue weighted by Crippen LogP contribution is 2.24. The quantitative estimate of drug-likeness (QED) is 0.778. The number of anilines is 1. The molecule has 28 heavy (non-hydrogen) atoms. The minimum Gasteiger partial charge on any atom is -0.378 e. The Morgan fingerprint density at radius 3 is 2.54 bits per heavy atom. The van der Waals surface area contributed by atoms with E-state index in [0.717, 1.165) is 69.8 Å². The fourth-order valence-corrected chi connectivity index (χ4v) is 4.13. The van der Waals surface area contributed by atoms with Crippen molar-refractivity contribution >= 4 is 17.5 Å². The number of carbonyl (C=O) groups excluding carboxylic acids is 2. The summed E-state index contributed by atoms with van der Waals surface area (Å²) >= 11 is 0. The Bertz CT molecular complexity index is 683. The lowest BCUT2D eigenvalue weighted by Gasteiger charge is -2.35. The van der Waals surface area contributed by atoms with Crippen LogP contribution < -0.4 is 4.90 Å². The van der Waals surface area contributed by atoms with Crippen molar-refractivity contribution in [3.8, 4) is 0 Å². The van der Waals surface area contributed by atoms with Crippen LogP contribution >= 0.6 is 0 Å². The highest BCUT2D eigenvalue weighted by Gasteiger charge is 2.26. The number of hydrogen-bond acceptors (Lipinski definition) is 4. The minimum atomic E-state index is 0.110. The van der Waals surface area contributed by atoms with Gasteiger partial charge in [-0.3, -0.25) is 9.59 Å². The maximum atomic E-state index is 13.0. The molecule has 2 fully saturated rings. The third-order valence-corrected chi connectivity index (χ3v) is 6.04. The molecule has 0 N–H and O–H groups in total. The average Bonchev–Trinajstić information content (AvgIpc) is 2.72. The van der Waals surface area contributed by atoms with E-state index in [4.69, 9.17) is 0 Å². The molecule has 1 aromatic carbocycles. The van der Waals surface area contributed by atoms with Crippen LogP contribution in [0.4, 0.5) is 5.69 Å². The average molecular weight is 387 g/mol. The van der Waals surface area contributed by atoms with Crippen LogP contribution in [-0.4, -0.2) is 86.9 Å². The predicted molar refractivity (Wildman–Crippen MR) is 113 cm³/mol. The van der Waals surface area contributed by atoms with E-state index in [2.05, 4.69) is 11.9 Å². The zero-order chi connectivity index (χ0) is 20.1. The number of carbonyl (C=O) groups is 2. The van der Waals surface area contributed by atoms with Gasteiger partial charge in [-0.15, -0.1) is 0 Å². The van der Waals surface area contributed by atoms with Crippen LogP contribution in [0.1, 0.15) is 36.0 Å². The van der Waals surface area contributed by atoms with E-state index in [-0.39, 0.29) is 11.8 Å². The summed E-state index contributed by atoms with van der Waals surface area (Å²) in [5.74, 6) is 0.806. The Labute approximate surface area is 169 Å². The third kappa shape index (κ3) is 5.25. The molecular formula is C22H34N4O2. The highest BCUT2D eigenvalue weighted by molar-refractivity contribution is 5.95. The lowest BCUT2D eigenvalue weighted by molar-refractivity contribution is -0.133. The molecule has 0 bridgehead atoms. The van der Waals surface area contributed by atoms with Crippen LogP contribution in [-0.2, 0) is 4.79 Å². The summed E-state index contributed by atoms with van der Waals surface area (Å²) in [6.07, 6.45) is 3.61. The van der Waals surface area contributed by atoms with Gasteiger partial charge in [0.15, 0.2) is 0 Å². The topological polar surface area (TPSA) is 47.1 Å². The van der Waals surface area contributed by atoms with Gasteiger partial charge in [-0.25, -0.2) is 0 Å². The van der Waals surface area contributed by atoms with E-state index < -0.39 is 0 Å². The lowest BCUT2D eigenvalue weighted by Crippen LogP contribution is -2.47. The number of likely N-dealkylation sites (tertiary alicyclic amines) is 1. The van der Waals surface area contributed by atoms with Gasteiger partial charge in [0.1, 0.15) is 0 Å². The zero-order valence-electron chi connectivity index (χ0n) is 17.6. The molecular weight excluding hydrogens is 352 g/mol. The molecule has 0 radical (unpaired) electrons. The van der Waals surface area contributed by atoms with Crippen LogP contribution in [0.25, 0.3) is 0 Å². The monoisotopic (exact) mass is 386 g/mol. The van der Waals surface area contributed by atoms with Crippen LogP contribution in [0.5, 0.6) is 0 Å². The first-order valence-electron chi connectivity index (χ1n) is 10.5. The number of hydrogen-bond donors (Lipinski definition) is 0. The summed E-state index contributed by atoms with van der Waals surface area (Å²) < 4.78 is 0. The van der Waals surface area contributed by atoms with Gasteiger partial charge in [-0.2, -0.15) is 0 Å². The van der Waals surface area contributed by atoms with Crippen molar-refractivity contribution in [2.75, 3.05) is 65.3 Å². The van der Waals surface area contributed by atoms with Gasteiger partial charge in [-0.1, -0.05) is 6.07 Å². The van der Waals surface area contributed by atoms with E-state index in [1.54, 1.807) is 0 Å². The number of rotatable bonds is 5. The second-order valence-electron chi connectivity index (χ2n) is 8.43. The number of piperidine rings is 1. The van der Waals surface area contributed by atoms with Crippen LogP contribution in [0, 0.1) is 5.92 Å². The number of amides is 2. The normalized spacial score (nSPS) is 20.9. The van der Waals surface area contributed by atoms with Crippen molar-refractivity contribution in [2.45, 2.75) is 25.7 Å². The summed E-state index contributed by atoms with van der Waals surface area (Å²) in [5, 5.41) is 0. The van der Waals surface area contributed by atoms with Crippen molar-refractivity contribution in [3.63, 3.8) is 0 Å². The molecule has 0 unspecified atom stereocenters.